The van der Waals surface area contributed by atoms with Crippen LogP contribution in [0.15, 0.2) is 40.8 Å². The molecule has 0 aliphatic rings. The molecule has 0 atom stereocenters. The van der Waals surface area contributed by atoms with Gasteiger partial charge < -0.3 is 4.57 Å². The van der Waals surface area contributed by atoms with Crippen LogP contribution in [-0.2, 0) is 11.3 Å². The number of hydrogen-bond donors (Lipinski definition) is 0. The maximum absolute atomic E-state index is 11.2. The highest BCUT2D eigenvalue weighted by Gasteiger charge is 2.03. The largest absolute Gasteiger partial charge is 0.319 e. The summed E-state index contributed by atoms with van der Waals surface area (Å²) < 4.78 is 1.87. The summed E-state index contributed by atoms with van der Waals surface area (Å²) in [6.07, 6.45) is 1.87. The van der Waals surface area contributed by atoms with Crippen molar-refractivity contribution >= 4 is 40.4 Å². The first kappa shape index (κ1) is 13.3. The molecule has 6 heteroatoms. The minimum absolute atomic E-state index is 0.107. The average molecular weight is 301 g/mol. The molecule has 94 valence electrons. The second-order valence-electron chi connectivity index (χ2n) is 3.54. The number of hydrogen-bond acceptors (Lipinski definition) is 2. The second-order valence-corrected chi connectivity index (χ2v) is 5.09. The third-order valence-electron chi connectivity index (χ3n) is 2.29. The number of halogens is 2. The molecule has 1 aromatic heterocycles. The summed E-state index contributed by atoms with van der Waals surface area (Å²) in [5.41, 5.74) is 0.984. The number of amides is 1. The average Bonchev–Trinajstić information content (AvgIpc) is 2.79. The lowest BCUT2D eigenvalue weighted by Gasteiger charge is -2.04. The van der Waals surface area contributed by atoms with E-state index in [1.165, 1.54) is 11.3 Å². The molecule has 0 aliphatic heterocycles. The van der Waals surface area contributed by atoms with Crippen LogP contribution >= 0.6 is 34.5 Å². The molecule has 0 unspecified atom stereocenters. The number of alkyl halides is 1. The summed E-state index contributed by atoms with van der Waals surface area (Å²) in [5.74, 6) is -0.448. The summed E-state index contributed by atoms with van der Waals surface area (Å²) in [7, 11) is 0. The minimum Gasteiger partial charge on any atom is -0.319 e. The van der Waals surface area contributed by atoms with Crippen molar-refractivity contribution in [3.63, 3.8) is 0 Å². The molecule has 1 aromatic carbocycles. The first-order chi connectivity index (χ1) is 8.70. The van der Waals surface area contributed by atoms with Gasteiger partial charge in [0.2, 0.25) is 0 Å². The molecule has 3 nitrogen and oxygen atoms in total. The number of aromatic nitrogens is 1. The van der Waals surface area contributed by atoms with E-state index in [2.05, 4.69) is 4.99 Å². The van der Waals surface area contributed by atoms with Crippen LogP contribution in [0.25, 0.3) is 0 Å². The van der Waals surface area contributed by atoms with E-state index in [1.807, 2.05) is 40.4 Å². The lowest BCUT2D eigenvalue weighted by Crippen LogP contribution is -2.17. The summed E-state index contributed by atoms with van der Waals surface area (Å²) in [4.78, 5) is 15.8. The van der Waals surface area contributed by atoms with E-state index in [-0.39, 0.29) is 11.8 Å². The zero-order valence-corrected chi connectivity index (χ0v) is 11.7. The molecule has 0 saturated heterocycles. The van der Waals surface area contributed by atoms with Crippen LogP contribution in [0.1, 0.15) is 5.56 Å². The van der Waals surface area contributed by atoms with Gasteiger partial charge in [-0.05, 0) is 11.6 Å². The molecule has 0 aliphatic carbocycles. The van der Waals surface area contributed by atoms with Crippen molar-refractivity contribution in [3.8, 4) is 0 Å². The minimum atomic E-state index is -0.341. The van der Waals surface area contributed by atoms with E-state index in [9.17, 15) is 4.79 Å². The molecule has 0 spiro atoms. The standard InChI is InChI=1S/C12H10Cl2N2OS/c13-7-11(17)15-12-16(5-6-18-12)8-9-3-1-2-4-10(9)14/h1-6H,7-8H2. The fraction of sp³-hybridized carbons (Fsp3) is 0.167. The monoisotopic (exact) mass is 300 g/mol. The molecule has 1 amide bonds. The predicted octanol–water partition coefficient (Wildman–Crippen LogP) is 2.92. The Morgan fingerprint density at radius 2 is 2.17 bits per heavy atom. The highest BCUT2D eigenvalue weighted by atomic mass is 35.5. The van der Waals surface area contributed by atoms with Gasteiger partial charge in [-0.25, -0.2) is 0 Å². The molecule has 18 heavy (non-hydrogen) atoms. The van der Waals surface area contributed by atoms with Gasteiger partial charge in [0.1, 0.15) is 5.88 Å². The summed E-state index contributed by atoms with van der Waals surface area (Å²) in [6, 6.07) is 7.59. The van der Waals surface area contributed by atoms with Gasteiger partial charge in [0, 0.05) is 16.6 Å². The molecule has 0 bridgehead atoms. The second kappa shape index (κ2) is 6.18. The van der Waals surface area contributed by atoms with Crippen LogP contribution in [0.5, 0.6) is 0 Å². The summed E-state index contributed by atoms with van der Waals surface area (Å²) >= 11 is 12.9. The van der Waals surface area contributed by atoms with Crippen LogP contribution in [-0.4, -0.2) is 16.4 Å². The van der Waals surface area contributed by atoms with Crippen molar-refractivity contribution in [2.75, 3.05) is 5.88 Å². The highest BCUT2D eigenvalue weighted by Crippen LogP contribution is 2.15. The number of carbonyl (C=O) groups is 1. The third-order valence-corrected chi connectivity index (χ3v) is 3.68. The fourth-order valence-corrected chi connectivity index (χ4v) is 2.45. The van der Waals surface area contributed by atoms with E-state index < -0.39 is 0 Å². The van der Waals surface area contributed by atoms with Gasteiger partial charge in [-0.3, -0.25) is 4.79 Å². The van der Waals surface area contributed by atoms with Gasteiger partial charge in [0.25, 0.3) is 5.91 Å². The van der Waals surface area contributed by atoms with Gasteiger partial charge in [0.15, 0.2) is 4.80 Å². The van der Waals surface area contributed by atoms with Crippen LogP contribution in [0.3, 0.4) is 0 Å². The molecule has 0 saturated carbocycles. The lowest BCUT2D eigenvalue weighted by molar-refractivity contribution is -0.115. The summed E-state index contributed by atoms with van der Waals surface area (Å²) in [5, 5.41) is 2.57. The number of rotatable bonds is 3. The number of carbonyl (C=O) groups excluding carboxylic acids is 1. The molecule has 2 aromatic rings. The first-order valence-electron chi connectivity index (χ1n) is 5.21. The highest BCUT2D eigenvalue weighted by molar-refractivity contribution is 7.07. The Bertz CT molecular complexity index is 618. The van der Waals surface area contributed by atoms with E-state index in [0.29, 0.717) is 16.4 Å². The smallest absolute Gasteiger partial charge is 0.263 e. The lowest BCUT2D eigenvalue weighted by atomic mass is 10.2. The SMILES string of the molecule is O=C(CCl)N=c1sccn1Cc1ccccc1Cl. The van der Waals surface area contributed by atoms with Gasteiger partial charge in [-0.2, -0.15) is 4.99 Å². The van der Waals surface area contributed by atoms with Crippen molar-refractivity contribution < 1.29 is 4.79 Å². The molecular weight excluding hydrogens is 291 g/mol. The van der Waals surface area contributed by atoms with E-state index >= 15 is 0 Å². The Hall–Kier alpha value is -1.10. The van der Waals surface area contributed by atoms with E-state index in [0.717, 1.165) is 5.56 Å². The zero-order valence-electron chi connectivity index (χ0n) is 9.35. The molecule has 2 rings (SSSR count). The van der Waals surface area contributed by atoms with Crippen molar-refractivity contribution in [2.24, 2.45) is 4.99 Å². The van der Waals surface area contributed by atoms with Gasteiger partial charge in [0.05, 0.1) is 6.54 Å². The van der Waals surface area contributed by atoms with Crippen molar-refractivity contribution in [1.82, 2.24) is 4.57 Å². The quantitative estimate of drug-likeness (QED) is 0.803. The Labute approximate surface area is 118 Å². The van der Waals surface area contributed by atoms with Crippen LogP contribution in [0.4, 0.5) is 0 Å². The Kier molecular flexibility index (Phi) is 4.58. The van der Waals surface area contributed by atoms with Gasteiger partial charge in [-0.15, -0.1) is 22.9 Å². The zero-order chi connectivity index (χ0) is 13.0. The Morgan fingerprint density at radius 3 is 2.89 bits per heavy atom. The Morgan fingerprint density at radius 1 is 1.39 bits per heavy atom. The van der Waals surface area contributed by atoms with Gasteiger partial charge in [-0.1, -0.05) is 29.8 Å². The molecule has 1 heterocycles. The van der Waals surface area contributed by atoms with Crippen LogP contribution < -0.4 is 4.80 Å². The maximum Gasteiger partial charge on any atom is 0.263 e. The molecule has 0 fully saturated rings. The fourth-order valence-electron chi connectivity index (χ4n) is 1.45. The molecule has 0 N–H and O–H groups in total. The Balaban J connectivity index is 2.31. The van der Waals surface area contributed by atoms with Crippen molar-refractivity contribution in [1.29, 1.82) is 0 Å². The van der Waals surface area contributed by atoms with Gasteiger partial charge >= 0.3 is 0 Å². The van der Waals surface area contributed by atoms with Crippen molar-refractivity contribution in [2.45, 2.75) is 6.54 Å². The third kappa shape index (κ3) is 3.22. The van der Waals surface area contributed by atoms with E-state index in [4.69, 9.17) is 23.2 Å². The topological polar surface area (TPSA) is 34.4 Å². The normalized spacial score (nSPS) is 11.8. The first-order valence-corrected chi connectivity index (χ1v) is 7.01. The van der Waals surface area contributed by atoms with Crippen molar-refractivity contribution in [3.05, 3.63) is 51.2 Å². The summed E-state index contributed by atoms with van der Waals surface area (Å²) in [6.45, 7) is 0.581. The number of thiazole rings is 1. The number of benzene rings is 1. The van der Waals surface area contributed by atoms with E-state index in [1.54, 1.807) is 0 Å². The van der Waals surface area contributed by atoms with Crippen LogP contribution in [0.2, 0.25) is 5.02 Å². The number of nitrogens with zero attached hydrogens (tertiary/aromatic N) is 2. The molecular formula is C12H10Cl2N2OS. The molecule has 0 radical (unpaired) electrons. The maximum atomic E-state index is 11.2. The predicted molar refractivity (Wildman–Crippen MR) is 74.2 cm³/mol. The van der Waals surface area contributed by atoms with Crippen LogP contribution in [0, 0.1) is 0 Å².